The maximum Gasteiger partial charge on any atom is 0.241 e. The van der Waals surface area contributed by atoms with Gasteiger partial charge in [0.05, 0.1) is 6.10 Å². The van der Waals surface area contributed by atoms with Gasteiger partial charge in [-0.3, -0.25) is 0 Å². The van der Waals surface area contributed by atoms with Crippen LogP contribution in [-0.4, -0.2) is 14.5 Å². The molecule has 20 heavy (non-hydrogen) atoms. The normalized spacial score (nSPS) is 27.3. The zero-order valence-corrected chi connectivity index (χ0v) is 12.5. The summed E-state index contributed by atoms with van der Waals surface area (Å²) in [7, 11) is -4.00. The van der Waals surface area contributed by atoms with Gasteiger partial charge in [-0.1, -0.05) is 13.8 Å². The van der Waals surface area contributed by atoms with E-state index in [2.05, 4.69) is 13.8 Å². The Hall–Kier alpha value is -1.14. The molecule has 0 spiro atoms. The fraction of sp³-hybridized carbons (Fsp3) is 0.571. The molecule has 3 unspecified atom stereocenters. The Morgan fingerprint density at radius 1 is 1.25 bits per heavy atom. The van der Waals surface area contributed by atoms with E-state index in [1.807, 2.05) is 0 Å². The Morgan fingerprint density at radius 2 is 1.95 bits per heavy atom. The Bertz CT molecular complexity index is 588. The van der Waals surface area contributed by atoms with E-state index in [0.29, 0.717) is 11.8 Å². The largest absolute Gasteiger partial charge is 0.489 e. The quantitative estimate of drug-likeness (QED) is 0.933. The second-order valence-corrected chi connectivity index (χ2v) is 7.17. The first kappa shape index (κ1) is 15.3. The Labute approximate surface area is 119 Å². The molecule has 0 amide bonds. The van der Waals surface area contributed by atoms with E-state index >= 15 is 0 Å². The zero-order chi connectivity index (χ0) is 14.9. The molecule has 1 aliphatic carbocycles. The van der Waals surface area contributed by atoms with Gasteiger partial charge in [0, 0.05) is 0 Å². The van der Waals surface area contributed by atoms with Gasteiger partial charge in [-0.15, -0.1) is 0 Å². The van der Waals surface area contributed by atoms with Gasteiger partial charge in [-0.25, -0.2) is 17.9 Å². The van der Waals surface area contributed by atoms with Crippen LogP contribution in [0.15, 0.2) is 23.1 Å². The number of rotatable bonds is 3. The molecule has 0 bridgehead atoms. The molecule has 3 atom stereocenters. The van der Waals surface area contributed by atoms with Crippen molar-refractivity contribution in [1.29, 1.82) is 0 Å². The van der Waals surface area contributed by atoms with E-state index in [-0.39, 0.29) is 16.7 Å². The summed E-state index contributed by atoms with van der Waals surface area (Å²) < 4.78 is 41.9. The lowest BCUT2D eigenvalue weighted by Crippen LogP contribution is -2.29. The lowest BCUT2D eigenvalue weighted by molar-refractivity contribution is 0.0978. The summed E-state index contributed by atoms with van der Waals surface area (Å²) in [5.74, 6) is 0.653. The van der Waals surface area contributed by atoms with Crippen LogP contribution in [0.1, 0.15) is 33.1 Å². The van der Waals surface area contributed by atoms with Crippen LogP contribution in [0.25, 0.3) is 0 Å². The van der Waals surface area contributed by atoms with Crippen molar-refractivity contribution in [3.63, 3.8) is 0 Å². The van der Waals surface area contributed by atoms with Gasteiger partial charge in [0.2, 0.25) is 10.0 Å². The lowest BCUT2D eigenvalue weighted by atomic mass is 9.80. The molecule has 0 aromatic heterocycles. The fourth-order valence-corrected chi connectivity index (χ4v) is 3.26. The van der Waals surface area contributed by atoms with Gasteiger partial charge in [0.25, 0.3) is 0 Å². The summed E-state index contributed by atoms with van der Waals surface area (Å²) in [6, 6.07) is 3.41. The van der Waals surface area contributed by atoms with Crippen LogP contribution >= 0.6 is 0 Å². The van der Waals surface area contributed by atoms with Crippen LogP contribution in [0.4, 0.5) is 4.39 Å². The molecule has 4 nitrogen and oxygen atoms in total. The summed E-state index contributed by atoms with van der Waals surface area (Å²) in [4.78, 5) is -0.288. The minimum atomic E-state index is -4.00. The summed E-state index contributed by atoms with van der Waals surface area (Å²) >= 11 is 0. The average Bonchev–Trinajstić information content (AvgIpc) is 2.35. The van der Waals surface area contributed by atoms with Crippen molar-refractivity contribution in [3.05, 3.63) is 24.0 Å². The van der Waals surface area contributed by atoms with E-state index in [1.54, 1.807) is 0 Å². The van der Waals surface area contributed by atoms with Crippen molar-refractivity contribution in [3.8, 4) is 5.75 Å². The number of primary sulfonamides is 1. The fourth-order valence-electron chi connectivity index (χ4n) is 2.59. The van der Waals surface area contributed by atoms with Gasteiger partial charge in [-0.2, -0.15) is 0 Å². The maximum atomic E-state index is 13.2. The van der Waals surface area contributed by atoms with Crippen molar-refractivity contribution >= 4 is 10.0 Å². The van der Waals surface area contributed by atoms with E-state index in [0.717, 1.165) is 25.3 Å². The van der Waals surface area contributed by atoms with Crippen molar-refractivity contribution in [2.24, 2.45) is 17.0 Å². The Kier molecular flexibility index (Phi) is 4.34. The number of halogens is 1. The van der Waals surface area contributed by atoms with Crippen LogP contribution in [-0.2, 0) is 10.0 Å². The summed E-state index contributed by atoms with van der Waals surface area (Å²) in [5.41, 5.74) is 0. The third-order valence-electron chi connectivity index (χ3n) is 4.06. The molecule has 6 heteroatoms. The number of benzene rings is 1. The van der Waals surface area contributed by atoms with Gasteiger partial charge in [0.15, 0.2) is 0 Å². The van der Waals surface area contributed by atoms with Crippen molar-refractivity contribution in [2.45, 2.75) is 44.1 Å². The van der Waals surface area contributed by atoms with Crippen molar-refractivity contribution < 1.29 is 17.5 Å². The van der Waals surface area contributed by atoms with Crippen molar-refractivity contribution in [2.75, 3.05) is 0 Å². The number of hydrogen-bond acceptors (Lipinski definition) is 3. The first-order chi connectivity index (χ1) is 9.27. The van der Waals surface area contributed by atoms with Crippen LogP contribution in [0.3, 0.4) is 0 Å². The Balaban J connectivity index is 2.22. The molecule has 1 saturated carbocycles. The highest BCUT2D eigenvalue weighted by atomic mass is 32.2. The smallest absolute Gasteiger partial charge is 0.241 e. The second-order valence-electron chi connectivity index (χ2n) is 5.64. The average molecular weight is 301 g/mol. The number of hydrogen-bond donors (Lipinski definition) is 1. The summed E-state index contributed by atoms with van der Waals surface area (Å²) in [6.45, 7) is 4.36. The topological polar surface area (TPSA) is 69.4 Å². The molecule has 0 radical (unpaired) electrons. The van der Waals surface area contributed by atoms with Crippen LogP contribution in [0, 0.1) is 17.7 Å². The first-order valence-corrected chi connectivity index (χ1v) is 8.31. The molecule has 1 aromatic carbocycles. The number of sulfonamides is 1. The van der Waals surface area contributed by atoms with E-state index < -0.39 is 15.8 Å². The molecule has 0 saturated heterocycles. The highest BCUT2D eigenvalue weighted by Crippen LogP contribution is 2.33. The molecule has 1 aromatic rings. The molecule has 2 N–H and O–H groups in total. The summed E-state index contributed by atoms with van der Waals surface area (Å²) in [6.07, 6.45) is 2.72. The predicted molar refractivity (Wildman–Crippen MR) is 74.4 cm³/mol. The van der Waals surface area contributed by atoms with Crippen LogP contribution in [0.2, 0.25) is 0 Å². The number of ether oxygens (including phenoxy) is 1. The molecule has 0 heterocycles. The van der Waals surface area contributed by atoms with Crippen LogP contribution < -0.4 is 9.88 Å². The Morgan fingerprint density at radius 3 is 2.55 bits per heavy atom. The lowest BCUT2D eigenvalue weighted by Gasteiger charge is -2.32. The third kappa shape index (κ3) is 3.49. The molecule has 0 aliphatic heterocycles. The van der Waals surface area contributed by atoms with Gasteiger partial charge in [-0.05, 0) is 49.3 Å². The van der Waals surface area contributed by atoms with Gasteiger partial charge >= 0.3 is 0 Å². The minimum absolute atomic E-state index is 0.0489. The maximum absolute atomic E-state index is 13.2. The molecular weight excluding hydrogens is 281 g/mol. The standard InChI is InChI=1S/C14H20FNO3S/c1-9-3-5-12(7-10(9)2)19-13-6-4-11(15)8-14(13)20(16,17)18/h4,6,8-10,12H,3,5,7H2,1-2H3,(H2,16,17,18). The van der Waals surface area contributed by atoms with E-state index in [1.165, 1.54) is 12.1 Å². The molecule has 1 aliphatic rings. The highest BCUT2D eigenvalue weighted by Gasteiger charge is 2.27. The summed E-state index contributed by atoms with van der Waals surface area (Å²) in [5, 5.41) is 5.11. The molecule has 112 valence electrons. The zero-order valence-electron chi connectivity index (χ0n) is 11.7. The SMILES string of the molecule is CC1CCC(Oc2ccc(F)cc2S(N)(=O)=O)CC1C. The van der Waals surface area contributed by atoms with E-state index in [4.69, 9.17) is 9.88 Å². The number of nitrogens with two attached hydrogens (primary N) is 1. The van der Waals surface area contributed by atoms with Crippen LogP contribution in [0.5, 0.6) is 5.75 Å². The second kappa shape index (κ2) is 5.69. The molecule has 2 rings (SSSR count). The minimum Gasteiger partial charge on any atom is -0.489 e. The van der Waals surface area contributed by atoms with E-state index in [9.17, 15) is 12.8 Å². The molecule has 1 fully saturated rings. The monoisotopic (exact) mass is 301 g/mol. The van der Waals surface area contributed by atoms with Gasteiger partial charge in [0.1, 0.15) is 16.5 Å². The van der Waals surface area contributed by atoms with Gasteiger partial charge < -0.3 is 4.74 Å². The third-order valence-corrected chi connectivity index (χ3v) is 4.99. The molecular formula is C14H20FNO3S. The highest BCUT2D eigenvalue weighted by molar-refractivity contribution is 7.89. The predicted octanol–water partition coefficient (Wildman–Crippen LogP) is 2.68. The first-order valence-electron chi connectivity index (χ1n) is 6.76. The van der Waals surface area contributed by atoms with Crippen molar-refractivity contribution in [1.82, 2.24) is 0 Å².